The Bertz CT molecular complexity index is 850. The quantitative estimate of drug-likeness (QED) is 0.0998. The van der Waals surface area contributed by atoms with E-state index in [0.29, 0.717) is 23.4 Å². The number of carbonyl (C=O) groups is 1. The summed E-state index contributed by atoms with van der Waals surface area (Å²) in [5, 5.41) is 0. The summed E-state index contributed by atoms with van der Waals surface area (Å²) in [5.41, 5.74) is 3.34. The van der Waals surface area contributed by atoms with Crippen LogP contribution >= 0.6 is 35.6 Å². The predicted octanol–water partition coefficient (Wildman–Crippen LogP) is 7.14. The Morgan fingerprint density at radius 2 is 1.91 bits per heavy atom. The largest absolute Gasteiger partial charge is 0.487 e. The number of alkyl halides is 2. The first-order valence-electron chi connectivity index (χ1n) is 12.4. The fourth-order valence-electron chi connectivity index (χ4n) is 5.39. The first-order valence-corrected chi connectivity index (χ1v) is 13.4. The average molecular weight is 533 g/mol. The zero-order chi connectivity index (χ0) is 24.0. The molecule has 1 aliphatic carbocycles. The van der Waals surface area contributed by atoms with Crippen LogP contribution in [0.25, 0.3) is 0 Å². The Labute approximate surface area is 221 Å². The number of aryl methyl sites for hydroxylation is 1. The minimum atomic E-state index is -0.290. The van der Waals surface area contributed by atoms with Crippen LogP contribution in [0.3, 0.4) is 0 Å². The van der Waals surface area contributed by atoms with Gasteiger partial charge in [-0.2, -0.15) is 0 Å². The number of halogens is 3. The summed E-state index contributed by atoms with van der Waals surface area (Å²) in [6, 6.07) is 4.25. The molecule has 0 aromatic heterocycles. The van der Waals surface area contributed by atoms with E-state index in [-0.39, 0.29) is 29.9 Å². The molecular formula is C27H40Cl3NO3. The van der Waals surface area contributed by atoms with Gasteiger partial charge in [-0.15, -0.1) is 35.6 Å². The summed E-state index contributed by atoms with van der Waals surface area (Å²) >= 11 is 12.0. The molecule has 4 nitrogen and oxygen atoms in total. The van der Waals surface area contributed by atoms with E-state index in [1.54, 1.807) is 0 Å². The van der Waals surface area contributed by atoms with Gasteiger partial charge in [0.25, 0.3) is 0 Å². The van der Waals surface area contributed by atoms with E-state index in [1.807, 2.05) is 0 Å². The third kappa shape index (κ3) is 7.29. The van der Waals surface area contributed by atoms with Crippen LogP contribution < -0.4 is 9.47 Å². The molecular weight excluding hydrogens is 493 g/mol. The Hall–Kier alpha value is -0.940. The van der Waals surface area contributed by atoms with Crippen LogP contribution in [0.15, 0.2) is 23.8 Å². The molecule has 2 aliphatic rings. The zero-order valence-corrected chi connectivity index (χ0v) is 23.3. The van der Waals surface area contributed by atoms with Crippen molar-refractivity contribution in [3.05, 3.63) is 34.9 Å². The first kappa shape index (κ1) is 29.3. The molecule has 7 heteroatoms. The highest BCUT2D eigenvalue weighted by Crippen LogP contribution is 2.54. The highest BCUT2D eigenvalue weighted by molar-refractivity contribution is 6.18. The van der Waals surface area contributed by atoms with Gasteiger partial charge in [0.2, 0.25) is 0 Å². The zero-order valence-electron chi connectivity index (χ0n) is 21.0. The number of carbonyl (C=O) groups excluding carboxylic acids is 1. The number of rotatable bonds is 11. The van der Waals surface area contributed by atoms with Crippen LogP contribution in [0.5, 0.6) is 11.5 Å². The maximum atomic E-state index is 12.0. The lowest BCUT2D eigenvalue weighted by atomic mass is 9.67. The number of nitrogens with zero attached hydrogens (tertiary/aromatic N) is 1. The molecule has 0 bridgehead atoms. The highest BCUT2D eigenvalue weighted by atomic mass is 35.5. The van der Waals surface area contributed by atoms with Gasteiger partial charge in [-0.05, 0) is 57.2 Å². The van der Waals surface area contributed by atoms with Crippen LogP contribution in [-0.4, -0.2) is 47.9 Å². The van der Waals surface area contributed by atoms with Gasteiger partial charge in [0.1, 0.15) is 17.1 Å². The van der Waals surface area contributed by atoms with Crippen LogP contribution in [-0.2, 0) is 11.2 Å². The van der Waals surface area contributed by atoms with Crippen molar-refractivity contribution in [2.75, 3.05) is 31.4 Å². The van der Waals surface area contributed by atoms with E-state index in [0.717, 1.165) is 56.6 Å². The molecule has 1 aromatic carbocycles. The number of unbranched alkanes of at least 4 members (excludes halogenated alkanes) is 2. The topological polar surface area (TPSA) is 38.8 Å². The van der Waals surface area contributed by atoms with Crippen molar-refractivity contribution in [2.45, 2.75) is 77.7 Å². The lowest BCUT2D eigenvalue weighted by molar-refractivity contribution is -0.132. The Kier molecular flexibility index (Phi) is 11.5. The summed E-state index contributed by atoms with van der Waals surface area (Å²) in [6.45, 7) is 10.6. The van der Waals surface area contributed by atoms with E-state index >= 15 is 0 Å². The molecule has 192 valence electrons. The molecule has 0 N–H and O–H groups in total. The van der Waals surface area contributed by atoms with E-state index in [9.17, 15) is 4.79 Å². The molecule has 0 saturated heterocycles. The molecule has 1 unspecified atom stereocenters. The third-order valence-electron chi connectivity index (χ3n) is 6.98. The number of allylic oxidation sites excluding steroid dienone is 1. The van der Waals surface area contributed by atoms with Crippen molar-refractivity contribution in [3.8, 4) is 11.5 Å². The maximum absolute atomic E-state index is 12.0. The van der Waals surface area contributed by atoms with Crippen molar-refractivity contribution in [2.24, 2.45) is 5.92 Å². The smallest absolute Gasteiger partial charge is 0.308 e. The normalized spacial score (nSPS) is 20.5. The van der Waals surface area contributed by atoms with Crippen molar-refractivity contribution < 1.29 is 14.3 Å². The van der Waals surface area contributed by atoms with Crippen molar-refractivity contribution in [1.29, 1.82) is 0 Å². The van der Waals surface area contributed by atoms with Crippen LogP contribution in [0.2, 0.25) is 0 Å². The molecule has 3 rings (SSSR count). The van der Waals surface area contributed by atoms with E-state index in [2.05, 4.69) is 43.9 Å². The summed E-state index contributed by atoms with van der Waals surface area (Å²) < 4.78 is 12.4. The number of benzene rings is 1. The average Bonchev–Trinajstić information content (AvgIpc) is 2.73. The van der Waals surface area contributed by atoms with E-state index in [4.69, 9.17) is 32.7 Å². The van der Waals surface area contributed by atoms with Crippen molar-refractivity contribution >= 4 is 41.6 Å². The van der Waals surface area contributed by atoms with E-state index in [1.165, 1.54) is 30.9 Å². The standard InChI is InChI=1S/C27H39Cl2NO3.ClH/c1-5-6-7-8-20-16-24(32-19(2)31)26-22-15-21(18-30(13-11-28)14-12-29)9-10-23(22)27(3,4)33-25(26)17-20;/h9,16-17,22-23H,5-8,10-15,18H2,1-4H3;1H/t22?,23-;/m1./s1. The van der Waals surface area contributed by atoms with Gasteiger partial charge in [0.15, 0.2) is 0 Å². The molecule has 0 radical (unpaired) electrons. The SMILES string of the molecule is CCCCCc1cc(OC(C)=O)c2c(c1)OC(C)(C)[C@@H]1CC=C(CN(CCCl)CCCl)CC21.Cl. The second kappa shape index (κ2) is 13.4. The van der Waals surface area contributed by atoms with Gasteiger partial charge < -0.3 is 9.47 Å². The third-order valence-corrected chi connectivity index (χ3v) is 7.32. The fraction of sp³-hybridized carbons (Fsp3) is 0.667. The number of ether oxygens (including phenoxy) is 2. The summed E-state index contributed by atoms with van der Waals surface area (Å²) in [5.74, 6) is 3.03. The molecule has 1 aliphatic heterocycles. The lowest BCUT2D eigenvalue weighted by Crippen LogP contribution is -2.46. The minimum Gasteiger partial charge on any atom is -0.487 e. The van der Waals surface area contributed by atoms with Crippen molar-refractivity contribution in [1.82, 2.24) is 4.90 Å². The van der Waals surface area contributed by atoms with Crippen molar-refractivity contribution in [3.63, 3.8) is 0 Å². The van der Waals surface area contributed by atoms with Gasteiger partial charge in [0, 0.05) is 55.7 Å². The van der Waals surface area contributed by atoms with Gasteiger partial charge in [0.05, 0.1) is 0 Å². The van der Waals surface area contributed by atoms with Crippen LogP contribution in [0.1, 0.15) is 76.8 Å². The molecule has 0 fully saturated rings. The van der Waals surface area contributed by atoms with Gasteiger partial charge >= 0.3 is 5.97 Å². The fourth-order valence-corrected chi connectivity index (χ4v) is 5.87. The highest BCUT2D eigenvalue weighted by Gasteiger charge is 2.46. The summed E-state index contributed by atoms with van der Waals surface area (Å²) in [6.07, 6.45) is 8.69. The summed E-state index contributed by atoms with van der Waals surface area (Å²) in [7, 11) is 0. The minimum absolute atomic E-state index is 0. The molecule has 0 spiro atoms. The van der Waals surface area contributed by atoms with E-state index < -0.39 is 0 Å². The van der Waals surface area contributed by atoms with Gasteiger partial charge in [-0.1, -0.05) is 31.4 Å². The lowest BCUT2D eigenvalue weighted by Gasteiger charge is -2.47. The molecule has 1 aromatic rings. The second-order valence-electron chi connectivity index (χ2n) is 9.93. The molecule has 0 amide bonds. The molecule has 1 heterocycles. The molecule has 2 atom stereocenters. The van der Waals surface area contributed by atoms with Crippen LogP contribution in [0.4, 0.5) is 0 Å². The maximum Gasteiger partial charge on any atom is 0.308 e. The Morgan fingerprint density at radius 1 is 1.21 bits per heavy atom. The number of fused-ring (bicyclic) bond motifs is 3. The Morgan fingerprint density at radius 3 is 2.53 bits per heavy atom. The second-order valence-corrected chi connectivity index (χ2v) is 10.7. The molecule has 0 saturated carbocycles. The number of hydrogen-bond acceptors (Lipinski definition) is 4. The summed E-state index contributed by atoms with van der Waals surface area (Å²) in [4.78, 5) is 14.3. The molecule has 34 heavy (non-hydrogen) atoms. The van der Waals surface area contributed by atoms with Gasteiger partial charge in [-0.25, -0.2) is 0 Å². The number of hydrogen-bond donors (Lipinski definition) is 0. The predicted molar refractivity (Wildman–Crippen MR) is 144 cm³/mol. The van der Waals surface area contributed by atoms with Gasteiger partial charge in [-0.3, -0.25) is 9.69 Å². The first-order chi connectivity index (χ1) is 15.8. The number of esters is 1. The monoisotopic (exact) mass is 531 g/mol. The Balaban J connectivity index is 0.00000408. The van der Waals surface area contributed by atoms with Crippen LogP contribution in [0, 0.1) is 5.92 Å².